The second kappa shape index (κ2) is 6.97. The number of fused-ring (bicyclic) bond motifs is 1. The van der Waals surface area contributed by atoms with Crippen LogP contribution in [0.5, 0.6) is 0 Å². The highest BCUT2D eigenvalue weighted by molar-refractivity contribution is 7.99. The first-order valence-electron chi connectivity index (χ1n) is 8.00. The van der Waals surface area contributed by atoms with Gasteiger partial charge in [0.1, 0.15) is 0 Å². The van der Waals surface area contributed by atoms with Crippen molar-refractivity contribution in [3.63, 3.8) is 0 Å². The molecule has 0 saturated carbocycles. The summed E-state index contributed by atoms with van der Waals surface area (Å²) < 4.78 is 0. The topological polar surface area (TPSA) is 15.3 Å². The molecular formula is C17H26N2S. The summed E-state index contributed by atoms with van der Waals surface area (Å²) in [5, 5.41) is 3.74. The first-order valence-corrected chi connectivity index (χ1v) is 8.99. The molecule has 3 heteroatoms. The lowest BCUT2D eigenvalue weighted by Gasteiger charge is -2.30. The summed E-state index contributed by atoms with van der Waals surface area (Å²) >= 11 is 1.99. The number of hydrogen-bond donors (Lipinski definition) is 1. The van der Waals surface area contributed by atoms with Gasteiger partial charge >= 0.3 is 0 Å². The summed E-state index contributed by atoms with van der Waals surface area (Å²) in [6.07, 6.45) is 4.05. The molecule has 1 N–H and O–H groups in total. The first-order chi connectivity index (χ1) is 9.83. The smallest absolute Gasteiger partial charge is 0.0426 e. The molecule has 1 saturated heterocycles. The number of thioether (sulfide) groups is 1. The quantitative estimate of drug-likeness (QED) is 0.835. The fourth-order valence-corrected chi connectivity index (χ4v) is 4.39. The maximum atomic E-state index is 3.74. The molecule has 1 fully saturated rings. The van der Waals surface area contributed by atoms with Gasteiger partial charge < -0.3 is 10.2 Å². The summed E-state index contributed by atoms with van der Waals surface area (Å²) in [6, 6.07) is 9.40. The second-order valence-electron chi connectivity index (χ2n) is 6.23. The van der Waals surface area contributed by atoms with Crippen molar-refractivity contribution in [3.05, 3.63) is 29.8 Å². The van der Waals surface area contributed by atoms with Crippen molar-refractivity contribution in [1.82, 2.24) is 10.2 Å². The van der Waals surface area contributed by atoms with Gasteiger partial charge in [0.15, 0.2) is 0 Å². The van der Waals surface area contributed by atoms with Gasteiger partial charge in [0.2, 0.25) is 0 Å². The third kappa shape index (κ3) is 3.57. The lowest BCUT2D eigenvalue weighted by atomic mass is 9.99. The maximum absolute atomic E-state index is 3.74. The highest BCUT2D eigenvalue weighted by Crippen LogP contribution is 2.37. The normalized spacial score (nSPS) is 23.9. The lowest BCUT2D eigenvalue weighted by Crippen LogP contribution is -2.35. The van der Waals surface area contributed by atoms with Crippen molar-refractivity contribution in [2.24, 2.45) is 5.92 Å². The number of rotatable bonds is 5. The minimum atomic E-state index is 0.567. The van der Waals surface area contributed by atoms with Crippen molar-refractivity contribution in [3.8, 4) is 0 Å². The van der Waals surface area contributed by atoms with Crippen LogP contribution in [0.25, 0.3) is 0 Å². The van der Waals surface area contributed by atoms with E-state index in [9.17, 15) is 0 Å². The SMILES string of the molecule is CC1CCN(CCCNC2CSc3ccccc32)CC1. The van der Waals surface area contributed by atoms with Gasteiger partial charge in [-0.05, 0) is 63.0 Å². The fraction of sp³-hybridized carbons (Fsp3) is 0.647. The van der Waals surface area contributed by atoms with Gasteiger partial charge in [-0.1, -0.05) is 25.1 Å². The Morgan fingerprint density at radius 3 is 2.90 bits per heavy atom. The molecule has 20 heavy (non-hydrogen) atoms. The number of likely N-dealkylation sites (tertiary alicyclic amines) is 1. The van der Waals surface area contributed by atoms with Crippen LogP contribution in [0.2, 0.25) is 0 Å². The van der Waals surface area contributed by atoms with E-state index in [4.69, 9.17) is 0 Å². The van der Waals surface area contributed by atoms with Crippen molar-refractivity contribution >= 4 is 11.8 Å². The summed E-state index contributed by atoms with van der Waals surface area (Å²) in [6.45, 7) is 7.41. The number of hydrogen-bond acceptors (Lipinski definition) is 3. The Hall–Kier alpha value is -0.510. The van der Waals surface area contributed by atoms with Crippen molar-refractivity contribution in [2.45, 2.75) is 37.1 Å². The van der Waals surface area contributed by atoms with Crippen LogP contribution < -0.4 is 5.32 Å². The first kappa shape index (κ1) is 14.4. The average molecular weight is 290 g/mol. The Balaban J connectivity index is 1.37. The molecule has 2 aliphatic rings. The van der Waals surface area contributed by atoms with Gasteiger partial charge in [-0.15, -0.1) is 11.8 Å². The van der Waals surface area contributed by atoms with Crippen LogP contribution in [0.1, 0.15) is 37.8 Å². The lowest BCUT2D eigenvalue weighted by molar-refractivity contribution is 0.190. The monoisotopic (exact) mass is 290 g/mol. The maximum Gasteiger partial charge on any atom is 0.0426 e. The van der Waals surface area contributed by atoms with Crippen LogP contribution in [0.4, 0.5) is 0 Å². The second-order valence-corrected chi connectivity index (χ2v) is 7.30. The van der Waals surface area contributed by atoms with E-state index in [1.165, 1.54) is 55.1 Å². The summed E-state index contributed by atoms with van der Waals surface area (Å²) in [4.78, 5) is 4.11. The molecule has 0 bridgehead atoms. The van der Waals surface area contributed by atoms with Crippen LogP contribution in [0.3, 0.4) is 0 Å². The van der Waals surface area contributed by atoms with Gasteiger partial charge in [0.25, 0.3) is 0 Å². The summed E-state index contributed by atoms with van der Waals surface area (Å²) in [7, 11) is 0. The van der Waals surface area contributed by atoms with Gasteiger partial charge in [-0.2, -0.15) is 0 Å². The number of piperidine rings is 1. The van der Waals surface area contributed by atoms with E-state index in [2.05, 4.69) is 41.4 Å². The molecule has 1 aromatic rings. The van der Waals surface area contributed by atoms with E-state index in [1.807, 2.05) is 11.8 Å². The van der Waals surface area contributed by atoms with Crippen LogP contribution in [-0.4, -0.2) is 36.8 Å². The zero-order valence-electron chi connectivity index (χ0n) is 12.5. The zero-order chi connectivity index (χ0) is 13.8. The largest absolute Gasteiger partial charge is 0.309 e. The molecule has 0 amide bonds. The minimum absolute atomic E-state index is 0.567. The van der Waals surface area contributed by atoms with Gasteiger partial charge in [-0.25, -0.2) is 0 Å². The highest BCUT2D eigenvalue weighted by Gasteiger charge is 2.21. The van der Waals surface area contributed by atoms with Crippen LogP contribution in [0.15, 0.2) is 29.2 Å². The Morgan fingerprint density at radius 1 is 1.25 bits per heavy atom. The van der Waals surface area contributed by atoms with E-state index in [0.717, 1.165) is 12.5 Å². The van der Waals surface area contributed by atoms with Crippen LogP contribution in [-0.2, 0) is 0 Å². The molecule has 0 aromatic heterocycles. The molecule has 1 atom stereocenters. The van der Waals surface area contributed by atoms with Crippen molar-refractivity contribution in [1.29, 1.82) is 0 Å². The van der Waals surface area contributed by atoms with Crippen molar-refractivity contribution < 1.29 is 0 Å². The van der Waals surface area contributed by atoms with Crippen LogP contribution >= 0.6 is 11.8 Å². The predicted molar refractivity (Wildman–Crippen MR) is 87.4 cm³/mol. The molecule has 3 rings (SSSR count). The molecule has 2 aliphatic heterocycles. The Morgan fingerprint density at radius 2 is 2.05 bits per heavy atom. The van der Waals surface area contributed by atoms with Gasteiger partial charge in [0, 0.05) is 16.7 Å². The van der Waals surface area contributed by atoms with Gasteiger partial charge in [0.05, 0.1) is 0 Å². The standard InChI is InChI=1S/C17H26N2S/c1-14-7-11-19(12-8-14)10-4-9-18-16-13-20-17-6-3-2-5-15(16)17/h2-3,5-6,14,16,18H,4,7-13H2,1H3. The molecule has 110 valence electrons. The van der Waals surface area contributed by atoms with Crippen molar-refractivity contribution in [2.75, 3.05) is 31.9 Å². The Labute approximate surface area is 127 Å². The van der Waals surface area contributed by atoms with E-state index in [0.29, 0.717) is 6.04 Å². The molecule has 2 nitrogen and oxygen atoms in total. The van der Waals surface area contributed by atoms with Gasteiger partial charge in [-0.3, -0.25) is 0 Å². The fourth-order valence-electron chi connectivity index (χ4n) is 3.20. The Bertz CT molecular complexity index is 427. The Kier molecular flexibility index (Phi) is 5.03. The molecule has 0 aliphatic carbocycles. The molecule has 1 aromatic carbocycles. The van der Waals surface area contributed by atoms with E-state index in [-0.39, 0.29) is 0 Å². The molecule has 0 radical (unpaired) electrons. The van der Waals surface area contributed by atoms with E-state index >= 15 is 0 Å². The highest BCUT2D eigenvalue weighted by atomic mass is 32.2. The van der Waals surface area contributed by atoms with E-state index in [1.54, 1.807) is 0 Å². The third-order valence-corrected chi connectivity index (χ3v) is 5.80. The number of benzene rings is 1. The summed E-state index contributed by atoms with van der Waals surface area (Å²) in [5.41, 5.74) is 1.50. The minimum Gasteiger partial charge on any atom is -0.309 e. The zero-order valence-corrected chi connectivity index (χ0v) is 13.3. The molecule has 1 unspecified atom stereocenters. The molecule has 0 spiro atoms. The average Bonchev–Trinajstić information content (AvgIpc) is 2.89. The third-order valence-electron chi connectivity index (χ3n) is 4.62. The van der Waals surface area contributed by atoms with Crippen LogP contribution in [0, 0.1) is 5.92 Å². The number of nitrogens with zero attached hydrogens (tertiary/aromatic N) is 1. The molecular weight excluding hydrogens is 264 g/mol. The number of nitrogens with one attached hydrogen (secondary N) is 1. The van der Waals surface area contributed by atoms with E-state index < -0.39 is 0 Å². The summed E-state index contributed by atoms with van der Waals surface area (Å²) in [5.74, 6) is 2.14. The molecule has 2 heterocycles. The predicted octanol–water partition coefficient (Wildman–Crippen LogP) is 3.55.